The summed E-state index contributed by atoms with van der Waals surface area (Å²) in [6.45, 7) is 3.76. The summed E-state index contributed by atoms with van der Waals surface area (Å²) in [4.78, 5) is 7.03. The summed E-state index contributed by atoms with van der Waals surface area (Å²) in [5.41, 5.74) is 6.97. The molecule has 2 N–H and O–H groups in total. The molecule has 4 nitrogen and oxygen atoms in total. The van der Waals surface area contributed by atoms with E-state index in [9.17, 15) is 0 Å². The Labute approximate surface area is 115 Å². The van der Waals surface area contributed by atoms with Crippen LogP contribution in [-0.4, -0.2) is 30.3 Å². The lowest BCUT2D eigenvalue weighted by molar-refractivity contribution is -0.00898. The first kappa shape index (κ1) is 12.9. The van der Waals surface area contributed by atoms with Crippen LogP contribution in [0.25, 0.3) is 0 Å². The highest BCUT2D eigenvalue weighted by molar-refractivity contribution is 5.42. The number of ether oxygens (including phenoxy) is 1. The second-order valence-electron chi connectivity index (χ2n) is 5.69. The zero-order valence-electron chi connectivity index (χ0n) is 11.6. The van der Waals surface area contributed by atoms with Crippen LogP contribution in [0, 0.1) is 0 Å². The van der Waals surface area contributed by atoms with Crippen LogP contribution in [-0.2, 0) is 4.74 Å². The number of fused-ring (bicyclic) bond motifs is 1. The molecule has 4 heteroatoms. The predicted octanol–water partition coefficient (Wildman–Crippen LogP) is 2.25. The summed E-state index contributed by atoms with van der Waals surface area (Å²) in [5, 5.41) is 0. The van der Waals surface area contributed by atoms with Gasteiger partial charge in [-0.1, -0.05) is 18.9 Å². The lowest BCUT2D eigenvalue weighted by atomic mass is 9.90. The van der Waals surface area contributed by atoms with Crippen molar-refractivity contribution in [2.75, 3.05) is 18.1 Å². The van der Waals surface area contributed by atoms with Crippen molar-refractivity contribution in [3.8, 4) is 0 Å². The first-order valence-corrected chi connectivity index (χ1v) is 7.35. The van der Waals surface area contributed by atoms with Crippen molar-refractivity contribution in [2.45, 2.75) is 50.8 Å². The smallest absolute Gasteiger partial charge is 0.128 e. The fourth-order valence-electron chi connectivity index (χ4n) is 3.22. The molecule has 2 unspecified atom stereocenters. The van der Waals surface area contributed by atoms with Crippen molar-refractivity contribution < 1.29 is 4.74 Å². The molecule has 0 bridgehead atoms. The van der Waals surface area contributed by atoms with Gasteiger partial charge in [-0.3, -0.25) is 0 Å². The van der Waals surface area contributed by atoms with Crippen LogP contribution in [0.15, 0.2) is 18.3 Å². The van der Waals surface area contributed by atoms with Crippen LogP contribution in [0.4, 0.5) is 5.82 Å². The number of aromatic nitrogens is 1. The predicted molar refractivity (Wildman–Crippen MR) is 76.2 cm³/mol. The highest BCUT2D eigenvalue weighted by Gasteiger charge is 2.34. The number of morpholine rings is 1. The minimum absolute atomic E-state index is 0.0497. The minimum atomic E-state index is 0.0497. The molecule has 2 fully saturated rings. The Morgan fingerprint density at radius 1 is 1.37 bits per heavy atom. The summed E-state index contributed by atoms with van der Waals surface area (Å²) in [5.74, 6) is 1.07. The van der Waals surface area contributed by atoms with Crippen molar-refractivity contribution in [1.29, 1.82) is 0 Å². The van der Waals surface area contributed by atoms with E-state index < -0.39 is 0 Å². The molecule has 0 radical (unpaired) electrons. The molecule has 1 saturated carbocycles. The molecule has 1 saturated heterocycles. The van der Waals surface area contributed by atoms with Crippen LogP contribution in [0.5, 0.6) is 0 Å². The Morgan fingerprint density at radius 3 is 2.95 bits per heavy atom. The lowest BCUT2D eigenvalue weighted by Crippen LogP contribution is -2.53. The molecular formula is C15H23N3O. The van der Waals surface area contributed by atoms with Gasteiger partial charge in [0.1, 0.15) is 5.82 Å². The van der Waals surface area contributed by atoms with E-state index in [0.29, 0.717) is 12.1 Å². The van der Waals surface area contributed by atoms with Crippen LogP contribution in [0.3, 0.4) is 0 Å². The molecule has 2 aliphatic rings. The zero-order valence-corrected chi connectivity index (χ0v) is 11.6. The lowest BCUT2D eigenvalue weighted by Gasteiger charge is -2.44. The maximum Gasteiger partial charge on any atom is 0.128 e. The number of hydrogen-bond acceptors (Lipinski definition) is 4. The Morgan fingerprint density at radius 2 is 2.21 bits per heavy atom. The maximum absolute atomic E-state index is 5.91. The van der Waals surface area contributed by atoms with Gasteiger partial charge in [-0.2, -0.15) is 0 Å². The molecule has 104 valence electrons. The maximum atomic E-state index is 5.91. The number of anilines is 1. The zero-order chi connectivity index (χ0) is 13.2. The number of hydrogen-bond donors (Lipinski definition) is 1. The van der Waals surface area contributed by atoms with Gasteiger partial charge < -0.3 is 15.4 Å². The van der Waals surface area contributed by atoms with Gasteiger partial charge in [-0.15, -0.1) is 0 Å². The molecule has 0 spiro atoms. The third-order valence-corrected chi connectivity index (χ3v) is 4.32. The van der Waals surface area contributed by atoms with E-state index in [0.717, 1.165) is 24.5 Å². The first-order valence-electron chi connectivity index (χ1n) is 7.35. The number of pyridine rings is 1. The molecule has 1 aromatic heterocycles. The topological polar surface area (TPSA) is 51.4 Å². The average Bonchev–Trinajstić information content (AvgIpc) is 2.47. The summed E-state index contributed by atoms with van der Waals surface area (Å²) in [7, 11) is 0. The van der Waals surface area contributed by atoms with Crippen LogP contribution >= 0.6 is 0 Å². The number of nitrogens with two attached hydrogens (primary N) is 1. The third kappa shape index (κ3) is 2.60. The minimum Gasteiger partial charge on any atom is -0.374 e. The van der Waals surface area contributed by atoms with E-state index in [1.165, 1.54) is 25.7 Å². The Hall–Kier alpha value is -1.13. The molecule has 0 amide bonds. The Kier molecular flexibility index (Phi) is 3.71. The highest BCUT2D eigenvalue weighted by atomic mass is 16.5. The van der Waals surface area contributed by atoms with E-state index in [2.05, 4.69) is 22.0 Å². The van der Waals surface area contributed by atoms with Gasteiger partial charge in [0, 0.05) is 18.8 Å². The quantitative estimate of drug-likeness (QED) is 0.887. The largest absolute Gasteiger partial charge is 0.374 e. The SMILES string of the molecule is C[C@H](N)c1ccc(N2CCOC3CCCCC32)nc1. The van der Waals surface area contributed by atoms with Crippen molar-refractivity contribution >= 4 is 5.82 Å². The van der Waals surface area contributed by atoms with E-state index in [1.807, 2.05) is 13.1 Å². The van der Waals surface area contributed by atoms with E-state index in [-0.39, 0.29) is 6.04 Å². The third-order valence-electron chi connectivity index (χ3n) is 4.32. The first-order chi connectivity index (χ1) is 9.25. The number of rotatable bonds is 2. The molecular weight excluding hydrogens is 238 g/mol. The Balaban J connectivity index is 1.79. The standard InChI is InChI=1S/C15H23N3O/c1-11(16)12-6-7-15(17-10-12)18-8-9-19-14-5-3-2-4-13(14)18/h6-7,10-11,13-14H,2-5,8-9,16H2,1H3/t11-,13?,14?/m0/s1. The number of nitrogens with zero attached hydrogens (tertiary/aromatic N) is 2. The van der Waals surface area contributed by atoms with Gasteiger partial charge in [0.15, 0.2) is 0 Å². The average molecular weight is 261 g/mol. The highest BCUT2D eigenvalue weighted by Crippen LogP contribution is 2.31. The van der Waals surface area contributed by atoms with Crippen LogP contribution < -0.4 is 10.6 Å². The summed E-state index contributed by atoms with van der Waals surface area (Å²) < 4.78 is 5.91. The summed E-state index contributed by atoms with van der Waals surface area (Å²) in [6.07, 6.45) is 7.33. The molecule has 0 aromatic carbocycles. The molecule has 19 heavy (non-hydrogen) atoms. The summed E-state index contributed by atoms with van der Waals surface area (Å²) in [6, 6.07) is 4.76. The van der Waals surface area contributed by atoms with Gasteiger partial charge in [-0.05, 0) is 31.4 Å². The van der Waals surface area contributed by atoms with Crippen molar-refractivity contribution in [3.05, 3.63) is 23.9 Å². The van der Waals surface area contributed by atoms with E-state index in [4.69, 9.17) is 10.5 Å². The van der Waals surface area contributed by atoms with Gasteiger partial charge in [0.05, 0.1) is 18.8 Å². The molecule has 1 aliphatic carbocycles. The van der Waals surface area contributed by atoms with E-state index in [1.54, 1.807) is 0 Å². The van der Waals surface area contributed by atoms with Gasteiger partial charge >= 0.3 is 0 Å². The van der Waals surface area contributed by atoms with Gasteiger partial charge in [0.2, 0.25) is 0 Å². The van der Waals surface area contributed by atoms with Crippen molar-refractivity contribution in [2.24, 2.45) is 5.73 Å². The fraction of sp³-hybridized carbons (Fsp3) is 0.667. The summed E-state index contributed by atoms with van der Waals surface area (Å²) >= 11 is 0. The molecule has 1 aromatic rings. The van der Waals surface area contributed by atoms with Crippen molar-refractivity contribution in [3.63, 3.8) is 0 Å². The van der Waals surface area contributed by atoms with Gasteiger partial charge in [0.25, 0.3) is 0 Å². The fourth-order valence-corrected chi connectivity index (χ4v) is 3.22. The second-order valence-corrected chi connectivity index (χ2v) is 5.69. The normalized spacial score (nSPS) is 28.8. The molecule has 3 rings (SSSR count). The van der Waals surface area contributed by atoms with Crippen molar-refractivity contribution in [1.82, 2.24) is 4.98 Å². The Bertz CT molecular complexity index is 416. The molecule has 3 atom stereocenters. The second kappa shape index (κ2) is 5.47. The molecule has 2 heterocycles. The monoisotopic (exact) mass is 261 g/mol. The van der Waals surface area contributed by atoms with Gasteiger partial charge in [-0.25, -0.2) is 4.98 Å². The van der Waals surface area contributed by atoms with E-state index >= 15 is 0 Å². The molecule has 1 aliphatic heterocycles. The van der Waals surface area contributed by atoms with Crippen LogP contribution in [0.1, 0.15) is 44.2 Å². The van der Waals surface area contributed by atoms with Crippen LogP contribution in [0.2, 0.25) is 0 Å².